The van der Waals surface area contributed by atoms with Crippen LogP contribution in [0.15, 0.2) is 11.0 Å². The molecule has 9 heteroatoms. The van der Waals surface area contributed by atoms with Gasteiger partial charge in [0.1, 0.15) is 34.9 Å². The largest absolute Gasteiger partial charge is 0.394 e. The summed E-state index contributed by atoms with van der Waals surface area (Å²) < 4.78 is 5.51. The Morgan fingerprint density at radius 2 is 2.29 bits per heavy atom. The van der Waals surface area contributed by atoms with E-state index < -0.39 is 36.1 Å². The maximum absolute atomic E-state index is 11.8. The Kier molecular flexibility index (Phi) is 3.02. The summed E-state index contributed by atoms with van der Waals surface area (Å²) in [4.78, 5) is 20.9. The maximum atomic E-state index is 11.8. The lowest BCUT2D eigenvalue weighted by Crippen LogP contribution is -2.43. The van der Waals surface area contributed by atoms with Gasteiger partial charge in [0.05, 0.1) is 6.61 Å². The van der Waals surface area contributed by atoms with Gasteiger partial charge in [-0.2, -0.15) is 0 Å². The van der Waals surface area contributed by atoms with Crippen molar-refractivity contribution in [3.63, 3.8) is 0 Å². The van der Waals surface area contributed by atoms with Crippen LogP contribution in [0.1, 0.15) is 18.6 Å². The normalized spacial score (nSPS) is 32.9. The van der Waals surface area contributed by atoms with E-state index in [0.29, 0.717) is 5.56 Å². The second-order valence-electron chi connectivity index (χ2n) is 5.33. The molecule has 1 unspecified atom stereocenters. The SMILES string of the molecule is C[C@]1(O)C(O)[C@@H](CO)O[C@H]1c1c[nH]c2c(=O)[nH]c(N)nc12. The number of aliphatic hydroxyl groups is 3. The van der Waals surface area contributed by atoms with Crippen molar-refractivity contribution in [1.29, 1.82) is 0 Å². The number of ether oxygens (including phenoxy) is 1. The van der Waals surface area contributed by atoms with Gasteiger partial charge in [-0.1, -0.05) is 0 Å². The first-order valence-electron chi connectivity index (χ1n) is 6.39. The number of fused-ring (bicyclic) bond motifs is 1. The first kappa shape index (κ1) is 14.0. The molecule has 0 aliphatic carbocycles. The first-order chi connectivity index (χ1) is 9.86. The van der Waals surface area contributed by atoms with Crippen LogP contribution in [-0.4, -0.2) is 54.7 Å². The van der Waals surface area contributed by atoms with E-state index in [-0.39, 0.29) is 17.0 Å². The van der Waals surface area contributed by atoms with Crippen LogP contribution in [0.4, 0.5) is 5.95 Å². The van der Waals surface area contributed by atoms with Gasteiger partial charge in [-0.05, 0) is 6.92 Å². The number of aliphatic hydroxyl groups excluding tert-OH is 2. The van der Waals surface area contributed by atoms with Crippen molar-refractivity contribution in [3.05, 3.63) is 22.1 Å². The van der Waals surface area contributed by atoms with Gasteiger partial charge in [-0.25, -0.2) is 4.98 Å². The predicted octanol–water partition coefficient (Wildman–Crippen LogP) is -1.62. The Morgan fingerprint density at radius 3 is 2.90 bits per heavy atom. The fourth-order valence-corrected chi connectivity index (χ4v) is 2.70. The van der Waals surface area contributed by atoms with Gasteiger partial charge in [-0.3, -0.25) is 9.78 Å². The predicted molar refractivity (Wildman–Crippen MR) is 72.5 cm³/mol. The van der Waals surface area contributed by atoms with Crippen LogP contribution in [0.25, 0.3) is 11.0 Å². The van der Waals surface area contributed by atoms with Gasteiger partial charge in [0, 0.05) is 11.8 Å². The number of nitrogens with zero attached hydrogens (tertiary/aromatic N) is 1. The average molecular weight is 296 g/mol. The molecule has 0 radical (unpaired) electrons. The van der Waals surface area contributed by atoms with Gasteiger partial charge >= 0.3 is 0 Å². The van der Waals surface area contributed by atoms with Crippen molar-refractivity contribution in [3.8, 4) is 0 Å². The van der Waals surface area contributed by atoms with Crippen LogP contribution >= 0.6 is 0 Å². The van der Waals surface area contributed by atoms with Crippen molar-refractivity contribution in [1.82, 2.24) is 15.0 Å². The second-order valence-corrected chi connectivity index (χ2v) is 5.33. The third-order valence-electron chi connectivity index (χ3n) is 3.84. The zero-order chi connectivity index (χ0) is 15.4. The molecule has 0 spiro atoms. The molecular weight excluding hydrogens is 280 g/mol. The topological polar surface area (TPSA) is 157 Å². The third-order valence-corrected chi connectivity index (χ3v) is 3.84. The molecule has 114 valence electrons. The third kappa shape index (κ3) is 1.94. The van der Waals surface area contributed by atoms with Gasteiger partial charge in [0.15, 0.2) is 0 Å². The highest BCUT2D eigenvalue weighted by atomic mass is 16.6. The summed E-state index contributed by atoms with van der Waals surface area (Å²) >= 11 is 0. The lowest BCUT2D eigenvalue weighted by atomic mass is 9.89. The van der Waals surface area contributed by atoms with E-state index in [9.17, 15) is 20.1 Å². The highest BCUT2D eigenvalue weighted by molar-refractivity contribution is 5.79. The van der Waals surface area contributed by atoms with Crippen LogP contribution in [0.5, 0.6) is 0 Å². The van der Waals surface area contributed by atoms with Crippen molar-refractivity contribution in [2.45, 2.75) is 30.8 Å². The molecule has 9 nitrogen and oxygen atoms in total. The van der Waals surface area contributed by atoms with Crippen molar-refractivity contribution in [2.24, 2.45) is 0 Å². The molecule has 2 aromatic rings. The number of hydrogen-bond donors (Lipinski definition) is 6. The van der Waals surface area contributed by atoms with Gasteiger partial charge in [0.25, 0.3) is 5.56 Å². The van der Waals surface area contributed by atoms with Gasteiger partial charge in [0.2, 0.25) is 5.95 Å². The molecule has 7 N–H and O–H groups in total. The minimum Gasteiger partial charge on any atom is -0.394 e. The summed E-state index contributed by atoms with van der Waals surface area (Å²) in [6.07, 6.45) is -1.67. The molecule has 21 heavy (non-hydrogen) atoms. The van der Waals surface area contributed by atoms with Crippen LogP contribution in [0.3, 0.4) is 0 Å². The lowest BCUT2D eigenvalue weighted by molar-refractivity contribution is -0.0641. The number of H-pyrrole nitrogens is 2. The number of aromatic amines is 2. The standard InChI is InChI=1S/C12H16N4O5/c1-12(20)8(18)5(3-17)21-9(12)4-2-14-7-6(4)15-11(13)16-10(7)19/h2,5,8-9,14,17-18,20H,3H2,1H3,(H3,13,15,16,19)/t5-,8?,9+,12+/m1/s1. The molecule has 0 bridgehead atoms. The minimum absolute atomic E-state index is 0.0646. The number of anilines is 1. The summed E-state index contributed by atoms with van der Waals surface area (Å²) in [6.45, 7) is 0.958. The Labute approximate surface area is 118 Å². The summed E-state index contributed by atoms with van der Waals surface area (Å²) in [7, 11) is 0. The average Bonchev–Trinajstić information content (AvgIpc) is 2.91. The molecule has 2 aromatic heterocycles. The fourth-order valence-electron chi connectivity index (χ4n) is 2.70. The first-order valence-corrected chi connectivity index (χ1v) is 6.39. The molecule has 0 saturated carbocycles. The van der Waals surface area contributed by atoms with E-state index >= 15 is 0 Å². The number of nitrogens with one attached hydrogen (secondary N) is 2. The Bertz CT molecular complexity index is 737. The summed E-state index contributed by atoms with van der Waals surface area (Å²) in [5.41, 5.74) is 4.29. The van der Waals surface area contributed by atoms with Crippen molar-refractivity contribution in [2.75, 3.05) is 12.3 Å². The van der Waals surface area contributed by atoms with Gasteiger partial charge in [-0.15, -0.1) is 0 Å². The highest BCUT2D eigenvalue weighted by Crippen LogP contribution is 2.42. The van der Waals surface area contributed by atoms with E-state index in [4.69, 9.17) is 10.5 Å². The van der Waals surface area contributed by atoms with Gasteiger partial charge < -0.3 is 30.8 Å². The quantitative estimate of drug-likeness (QED) is 0.388. The van der Waals surface area contributed by atoms with E-state index in [0.717, 1.165) is 0 Å². The monoisotopic (exact) mass is 296 g/mol. The summed E-state index contributed by atoms with van der Waals surface area (Å²) in [5.74, 6) is -0.0646. The smallest absolute Gasteiger partial charge is 0.276 e. The van der Waals surface area contributed by atoms with Crippen LogP contribution < -0.4 is 11.3 Å². The van der Waals surface area contributed by atoms with E-state index in [1.165, 1.54) is 13.1 Å². The molecule has 3 heterocycles. The molecule has 3 rings (SSSR count). The zero-order valence-electron chi connectivity index (χ0n) is 11.2. The summed E-state index contributed by atoms with van der Waals surface area (Å²) in [6, 6.07) is 0. The van der Waals surface area contributed by atoms with E-state index in [1.54, 1.807) is 0 Å². The number of hydrogen-bond acceptors (Lipinski definition) is 7. The van der Waals surface area contributed by atoms with Crippen LogP contribution in [0, 0.1) is 0 Å². The number of rotatable bonds is 2. The Morgan fingerprint density at radius 1 is 1.57 bits per heavy atom. The number of nitrogens with two attached hydrogens (primary N) is 1. The van der Waals surface area contributed by atoms with Crippen molar-refractivity contribution < 1.29 is 20.1 Å². The fraction of sp³-hybridized carbons (Fsp3) is 0.500. The maximum Gasteiger partial charge on any atom is 0.276 e. The molecule has 1 fully saturated rings. The molecule has 4 atom stereocenters. The zero-order valence-corrected chi connectivity index (χ0v) is 11.2. The molecule has 0 amide bonds. The van der Waals surface area contributed by atoms with E-state index in [2.05, 4.69) is 15.0 Å². The molecule has 1 aliphatic heterocycles. The van der Waals surface area contributed by atoms with Crippen molar-refractivity contribution >= 4 is 17.0 Å². The van der Waals surface area contributed by atoms with Crippen LogP contribution in [0.2, 0.25) is 0 Å². The number of nitrogen functional groups attached to an aromatic ring is 1. The molecule has 1 saturated heterocycles. The highest BCUT2D eigenvalue weighted by Gasteiger charge is 2.53. The second kappa shape index (κ2) is 4.53. The van der Waals surface area contributed by atoms with Crippen LogP contribution in [-0.2, 0) is 4.74 Å². The Hall–Kier alpha value is -1.94. The Balaban J connectivity index is 2.15. The number of aromatic nitrogens is 3. The molecular formula is C12H16N4O5. The minimum atomic E-state index is -1.64. The molecule has 0 aromatic carbocycles. The lowest BCUT2D eigenvalue weighted by Gasteiger charge is -2.26. The summed E-state index contributed by atoms with van der Waals surface area (Å²) in [5, 5.41) is 29.6. The van der Waals surface area contributed by atoms with E-state index in [1.807, 2.05) is 0 Å². The molecule has 1 aliphatic rings.